The molecule has 0 aliphatic heterocycles. The molecule has 200 valence electrons. The number of carbonyl (C=O) groups excluding carboxylic acids is 4. The van der Waals surface area contributed by atoms with Crippen molar-refractivity contribution >= 4 is 43.9 Å². The van der Waals surface area contributed by atoms with Gasteiger partial charge in [0, 0.05) is 25.7 Å². The Labute approximate surface area is 205 Å². The lowest BCUT2D eigenvalue weighted by atomic mass is 9.78. The molecule has 35 heavy (non-hydrogen) atoms. The molecule has 0 bridgehead atoms. The van der Waals surface area contributed by atoms with E-state index < -0.39 is 54.7 Å². The van der Waals surface area contributed by atoms with E-state index in [0.29, 0.717) is 25.7 Å². The van der Waals surface area contributed by atoms with Crippen LogP contribution in [0.5, 0.6) is 0 Å². The predicted molar refractivity (Wildman–Crippen MR) is 122 cm³/mol. The molecule has 0 heterocycles. The van der Waals surface area contributed by atoms with E-state index in [2.05, 4.69) is 13.9 Å². The minimum atomic E-state index is -3.87. The molecule has 0 aromatic heterocycles. The second-order valence-corrected chi connectivity index (χ2v) is 12.9. The van der Waals surface area contributed by atoms with Gasteiger partial charge in [0.25, 0.3) is 20.2 Å². The number of amides is 4. The monoisotopic (exact) mass is 539 g/mol. The summed E-state index contributed by atoms with van der Waals surface area (Å²) in [5.41, 5.74) is 2.30. The van der Waals surface area contributed by atoms with Crippen LogP contribution in [0, 0.1) is 10.8 Å². The Balaban J connectivity index is 1.93. The lowest BCUT2D eigenvalue weighted by molar-refractivity contribution is -0.134. The van der Waals surface area contributed by atoms with Crippen molar-refractivity contribution in [1.82, 2.24) is 16.3 Å². The fourth-order valence-electron chi connectivity index (χ4n) is 5.00. The number of carbonyl (C=O) groups is 4. The summed E-state index contributed by atoms with van der Waals surface area (Å²) in [7, 11) is -7.74. The zero-order valence-corrected chi connectivity index (χ0v) is 21.5. The SMILES string of the molecule is CS(=O)(=O)ONC(=O)CC1(CC(=O)NC(=O)CC2(CC(=O)NOS(C)(=O)=O)CCCC2)CCCC1. The van der Waals surface area contributed by atoms with Gasteiger partial charge in [0.15, 0.2) is 0 Å². The minimum Gasteiger partial charge on any atom is -0.296 e. The third-order valence-electron chi connectivity index (χ3n) is 6.36. The van der Waals surface area contributed by atoms with Gasteiger partial charge in [0.2, 0.25) is 23.6 Å². The maximum absolute atomic E-state index is 12.7. The van der Waals surface area contributed by atoms with Crippen molar-refractivity contribution in [3.05, 3.63) is 0 Å². The summed E-state index contributed by atoms with van der Waals surface area (Å²) in [6.45, 7) is 0. The number of rotatable bonds is 12. The zero-order chi connectivity index (χ0) is 26.3. The van der Waals surface area contributed by atoms with E-state index in [4.69, 9.17) is 0 Å². The minimum absolute atomic E-state index is 0.0965. The number of hydrogen-bond donors (Lipinski definition) is 3. The van der Waals surface area contributed by atoms with Gasteiger partial charge in [-0.25, -0.2) is 11.0 Å². The van der Waals surface area contributed by atoms with Gasteiger partial charge >= 0.3 is 0 Å². The zero-order valence-electron chi connectivity index (χ0n) is 19.9. The Kier molecular flexibility index (Phi) is 9.79. The Morgan fingerprint density at radius 3 is 1.17 bits per heavy atom. The van der Waals surface area contributed by atoms with Crippen LogP contribution in [-0.2, 0) is 48.0 Å². The van der Waals surface area contributed by atoms with Gasteiger partial charge in [-0.1, -0.05) is 25.7 Å². The van der Waals surface area contributed by atoms with Gasteiger partial charge in [0.05, 0.1) is 12.5 Å². The quantitative estimate of drug-likeness (QED) is 0.291. The second kappa shape index (κ2) is 11.8. The molecule has 0 unspecified atom stereocenters. The van der Waals surface area contributed by atoms with E-state index in [-0.39, 0.29) is 25.7 Å². The van der Waals surface area contributed by atoms with Gasteiger partial charge < -0.3 is 0 Å². The molecule has 2 aliphatic carbocycles. The predicted octanol–water partition coefficient (Wildman–Crippen LogP) is 0.325. The van der Waals surface area contributed by atoms with E-state index in [9.17, 15) is 36.0 Å². The summed E-state index contributed by atoms with van der Waals surface area (Å²) in [5.74, 6) is -2.48. The highest BCUT2D eigenvalue weighted by molar-refractivity contribution is 7.86. The molecular formula is C20H33N3O10S2. The third kappa shape index (κ3) is 10.6. The van der Waals surface area contributed by atoms with Crippen molar-refractivity contribution in [2.75, 3.05) is 12.5 Å². The molecule has 4 amide bonds. The molecule has 2 rings (SSSR count). The third-order valence-corrected chi connectivity index (χ3v) is 7.14. The highest BCUT2D eigenvalue weighted by Gasteiger charge is 2.41. The summed E-state index contributed by atoms with van der Waals surface area (Å²) in [6.07, 6.45) is 6.52. The van der Waals surface area contributed by atoms with Crippen LogP contribution < -0.4 is 16.3 Å². The summed E-state index contributed by atoms with van der Waals surface area (Å²) in [5, 5.41) is 2.35. The van der Waals surface area contributed by atoms with Crippen molar-refractivity contribution in [2.24, 2.45) is 10.8 Å². The average Bonchev–Trinajstić information content (AvgIpc) is 3.33. The molecule has 13 nitrogen and oxygen atoms in total. The first-order chi connectivity index (χ1) is 16.1. The number of imide groups is 1. The Bertz CT molecular complexity index is 945. The maximum atomic E-state index is 12.7. The number of hydrogen-bond acceptors (Lipinski definition) is 10. The van der Waals surface area contributed by atoms with Crippen LogP contribution in [-0.4, -0.2) is 53.0 Å². The first-order valence-electron chi connectivity index (χ1n) is 11.3. The number of nitrogens with one attached hydrogen (secondary N) is 3. The van der Waals surface area contributed by atoms with Crippen molar-refractivity contribution in [1.29, 1.82) is 0 Å². The normalized spacial score (nSPS) is 19.1. The molecule has 0 atom stereocenters. The smallest absolute Gasteiger partial charge is 0.285 e. The molecule has 0 aromatic carbocycles. The van der Waals surface area contributed by atoms with E-state index in [1.54, 1.807) is 0 Å². The van der Waals surface area contributed by atoms with Crippen molar-refractivity contribution in [2.45, 2.75) is 77.0 Å². The highest BCUT2D eigenvalue weighted by atomic mass is 32.2. The molecule has 0 radical (unpaired) electrons. The van der Waals surface area contributed by atoms with Gasteiger partial charge in [-0.3, -0.25) is 24.5 Å². The van der Waals surface area contributed by atoms with Crippen molar-refractivity contribution < 1.29 is 44.6 Å². The van der Waals surface area contributed by atoms with Crippen LogP contribution in [0.1, 0.15) is 77.0 Å². The first kappa shape index (κ1) is 29.1. The highest BCUT2D eigenvalue weighted by Crippen LogP contribution is 2.45. The summed E-state index contributed by atoms with van der Waals surface area (Å²) >= 11 is 0. The van der Waals surface area contributed by atoms with E-state index >= 15 is 0 Å². The molecule has 15 heteroatoms. The van der Waals surface area contributed by atoms with Gasteiger partial charge in [-0.2, -0.15) is 16.8 Å². The number of hydroxylamine groups is 2. The Morgan fingerprint density at radius 2 is 0.886 bits per heavy atom. The molecular weight excluding hydrogens is 506 g/mol. The lowest BCUT2D eigenvalue weighted by Crippen LogP contribution is -2.40. The molecule has 0 spiro atoms. The Hall–Kier alpha value is -2.10. The van der Waals surface area contributed by atoms with Crippen LogP contribution in [0.25, 0.3) is 0 Å². The van der Waals surface area contributed by atoms with E-state index in [1.165, 1.54) is 0 Å². The van der Waals surface area contributed by atoms with E-state index in [1.807, 2.05) is 11.0 Å². The summed E-state index contributed by atoms with van der Waals surface area (Å²) in [4.78, 5) is 49.7. The van der Waals surface area contributed by atoms with E-state index in [0.717, 1.165) is 38.2 Å². The maximum Gasteiger partial charge on any atom is 0.285 e. The summed E-state index contributed by atoms with van der Waals surface area (Å²) < 4.78 is 52.9. The van der Waals surface area contributed by atoms with Crippen LogP contribution in [0.15, 0.2) is 0 Å². The molecule has 3 N–H and O–H groups in total. The fraction of sp³-hybridized carbons (Fsp3) is 0.800. The van der Waals surface area contributed by atoms with Gasteiger partial charge in [-0.05, 0) is 36.5 Å². The van der Waals surface area contributed by atoms with Crippen LogP contribution in [0.3, 0.4) is 0 Å². The topological polar surface area (TPSA) is 191 Å². The average molecular weight is 540 g/mol. The molecule has 0 aromatic rings. The van der Waals surface area contributed by atoms with Gasteiger partial charge in [0.1, 0.15) is 0 Å². The largest absolute Gasteiger partial charge is 0.296 e. The molecule has 2 saturated carbocycles. The fourth-order valence-corrected chi connectivity index (χ4v) is 5.49. The summed E-state index contributed by atoms with van der Waals surface area (Å²) in [6, 6.07) is 0. The van der Waals surface area contributed by atoms with Crippen LogP contribution >= 0.6 is 0 Å². The Morgan fingerprint density at radius 1 is 0.600 bits per heavy atom. The standard InChI is InChI=1S/C20H33N3O10S2/c1-34(28,29)32-22-17(26)13-19(7-3-4-8-19)11-15(24)21-16(25)12-20(9-5-6-10-20)14-18(27)23-33-35(2,30)31/h3-14H2,1-2H3,(H,22,26)(H,23,27)(H,21,24,25). The molecule has 2 fully saturated rings. The van der Waals surface area contributed by atoms with Crippen LogP contribution in [0.2, 0.25) is 0 Å². The van der Waals surface area contributed by atoms with Crippen molar-refractivity contribution in [3.63, 3.8) is 0 Å². The van der Waals surface area contributed by atoms with Crippen LogP contribution in [0.4, 0.5) is 0 Å². The lowest BCUT2D eigenvalue weighted by Gasteiger charge is -2.29. The second-order valence-electron chi connectivity index (χ2n) is 9.72. The van der Waals surface area contributed by atoms with Gasteiger partial charge in [-0.15, -0.1) is 8.57 Å². The molecule has 0 saturated heterocycles. The van der Waals surface area contributed by atoms with Crippen molar-refractivity contribution in [3.8, 4) is 0 Å². The molecule has 2 aliphatic rings. The first-order valence-corrected chi connectivity index (χ1v) is 14.9.